The predicted octanol–water partition coefficient (Wildman–Crippen LogP) is 2.34. The number of carbonyl (C=O) groups is 1. The van der Waals surface area contributed by atoms with Crippen molar-refractivity contribution >= 4 is 5.97 Å². The number of rotatable bonds is 8. The van der Waals surface area contributed by atoms with Crippen molar-refractivity contribution in [2.75, 3.05) is 26.2 Å². The Morgan fingerprint density at radius 3 is 2.47 bits per heavy atom. The summed E-state index contributed by atoms with van der Waals surface area (Å²) >= 11 is 0. The summed E-state index contributed by atoms with van der Waals surface area (Å²) in [6.45, 7) is 10.6. The Bertz CT molecular complexity index is 273. The molecule has 0 bridgehead atoms. The van der Waals surface area contributed by atoms with Crippen LogP contribution in [0.2, 0.25) is 0 Å². The minimum absolute atomic E-state index is 0.389. The molecule has 1 heterocycles. The fraction of sp³-hybridized carbons (Fsp3) is 0.933. The lowest BCUT2D eigenvalue weighted by atomic mass is 9.78. The highest BCUT2D eigenvalue weighted by molar-refractivity contribution is 5.73. The first-order valence-corrected chi connectivity index (χ1v) is 7.69. The molecule has 1 atom stereocenters. The molecule has 1 fully saturated rings. The lowest BCUT2D eigenvalue weighted by Crippen LogP contribution is -2.43. The van der Waals surface area contributed by atoms with Crippen LogP contribution in [0.15, 0.2) is 0 Å². The lowest BCUT2D eigenvalue weighted by molar-refractivity contribution is -0.139. The molecule has 4 heteroatoms. The molecule has 19 heavy (non-hydrogen) atoms. The van der Waals surface area contributed by atoms with Crippen molar-refractivity contribution < 1.29 is 9.90 Å². The molecular formula is C15H30N2O2. The van der Waals surface area contributed by atoms with Gasteiger partial charge in [0.05, 0.1) is 0 Å². The molecule has 112 valence electrons. The molecule has 1 unspecified atom stereocenters. The molecule has 0 spiro atoms. The van der Waals surface area contributed by atoms with Crippen molar-refractivity contribution in [2.24, 2.45) is 5.41 Å². The van der Waals surface area contributed by atoms with Gasteiger partial charge in [0.25, 0.3) is 0 Å². The van der Waals surface area contributed by atoms with Crippen molar-refractivity contribution in [2.45, 2.75) is 58.9 Å². The Kier molecular flexibility index (Phi) is 6.80. The van der Waals surface area contributed by atoms with E-state index >= 15 is 0 Å². The van der Waals surface area contributed by atoms with Gasteiger partial charge in [0.1, 0.15) is 6.04 Å². The fourth-order valence-corrected chi connectivity index (χ4v) is 2.61. The quantitative estimate of drug-likeness (QED) is 0.711. The number of nitrogens with one attached hydrogen (secondary N) is 1. The van der Waals surface area contributed by atoms with Crippen molar-refractivity contribution in [3.8, 4) is 0 Å². The van der Waals surface area contributed by atoms with E-state index < -0.39 is 5.97 Å². The van der Waals surface area contributed by atoms with Gasteiger partial charge in [-0.25, -0.2) is 0 Å². The number of nitrogens with zero attached hydrogens (tertiary/aromatic N) is 1. The number of piperidine rings is 1. The Balaban J connectivity index is 2.30. The molecule has 4 nitrogen and oxygen atoms in total. The van der Waals surface area contributed by atoms with Gasteiger partial charge in [0.15, 0.2) is 0 Å². The third-order valence-electron chi connectivity index (χ3n) is 4.59. The van der Waals surface area contributed by atoms with E-state index in [-0.39, 0.29) is 6.04 Å². The van der Waals surface area contributed by atoms with Crippen molar-refractivity contribution in [3.05, 3.63) is 0 Å². The second-order valence-corrected chi connectivity index (χ2v) is 6.14. The molecule has 0 saturated carbocycles. The predicted molar refractivity (Wildman–Crippen MR) is 78.4 cm³/mol. The number of likely N-dealkylation sites (tertiary alicyclic amines) is 1. The smallest absolute Gasteiger partial charge is 0.320 e. The molecule has 0 radical (unpaired) electrons. The SMILES string of the molecule is CCCNC(CCN1CCC(C)(CC)CC1)C(=O)O. The Morgan fingerprint density at radius 2 is 2.00 bits per heavy atom. The van der Waals surface area contributed by atoms with E-state index in [1.807, 2.05) is 0 Å². The Labute approximate surface area is 117 Å². The number of hydrogen-bond acceptors (Lipinski definition) is 3. The molecule has 0 aromatic heterocycles. The molecule has 0 aliphatic carbocycles. The van der Waals surface area contributed by atoms with E-state index in [0.717, 1.165) is 32.6 Å². The van der Waals surface area contributed by atoms with Crippen LogP contribution in [0.25, 0.3) is 0 Å². The average molecular weight is 270 g/mol. The number of hydrogen-bond donors (Lipinski definition) is 2. The minimum Gasteiger partial charge on any atom is -0.480 e. The number of carboxylic acids is 1. The monoisotopic (exact) mass is 270 g/mol. The maximum absolute atomic E-state index is 11.1. The normalized spacial score (nSPS) is 21.2. The van der Waals surface area contributed by atoms with Crippen LogP contribution < -0.4 is 5.32 Å². The van der Waals surface area contributed by atoms with E-state index in [9.17, 15) is 4.79 Å². The molecule has 1 aliphatic heterocycles. The molecular weight excluding hydrogens is 240 g/mol. The maximum atomic E-state index is 11.1. The zero-order valence-corrected chi connectivity index (χ0v) is 12.7. The van der Waals surface area contributed by atoms with Gasteiger partial charge in [-0.3, -0.25) is 4.79 Å². The molecule has 1 rings (SSSR count). The highest BCUT2D eigenvalue weighted by atomic mass is 16.4. The summed E-state index contributed by atoms with van der Waals surface area (Å²) in [6.07, 6.45) is 5.41. The van der Waals surface area contributed by atoms with Crippen molar-refractivity contribution in [1.82, 2.24) is 10.2 Å². The van der Waals surface area contributed by atoms with E-state index in [1.54, 1.807) is 0 Å². The van der Waals surface area contributed by atoms with Crippen LogP contribution in [0.5, 0.6) is 0 Å². The first-order valence-electron chi connectivity index (χ1n) is 7.69. The van der Waals surface area contributed by atoms with Crippen LogP contribution in [-0.2, 0) is 4.79 Å². The topological polar surface area (TPSA) is 52.6 Å². The average Bonchev–Trinajstić information content (AvgIpc) is 2.40. The van der Waals surface area contributed by atoms with Crippen LogP contribution in [0, 0.1) is 5.41 Å². The molecule has 1 aliphatic rings. The summed E-state index contributed by atoms with van der Waals surface area (Å²) in [5, 5.41) is 12.3. The maximum Gasteiger partial charge on any atom is 0.320 e. The second kappa shape index (κ2) is 7.85. The molecule has 0 aromatic carbocycles. The van der Waals surface area contributed by atoms with E-state index in [0.29, 0.717) is 11.8 Å². The summed E-state index contributed by atoms with van der Waals surface area (Å²) in [6, 6.07) is -0.389. The molecule has 0 amide bonds. The van der Waals surface area contributed by atoms with Gasteiger partial charge in [0, 0.05) is 6.54 Å². The highest BCUT2D eigenvalue weighted by Gasteiger charge is 2.28. The van der Waals surface area contributed by atoms with Crippen molar-refractivity contribution in [3.63, 3.8) is 0 Å². The Hall–Kier alpha value is -0.610. The van der Waals surface area contributed by atoms with Crippen molar-refractivity contribution in [1.29, 1.82) is 0 Å². The van der Waals surface area contributed by atoms with E-state index in [4.69, 9.17) is 5.11 Å². The van der Waals surface area contributed by atoms with Gasteiger partial charge in [-0.15, -0.1) is 0 Å². The zero-order chi connectivity index (χ0) is 14.3. The van der Waals surface area contributed by atoms with Gasteiger partial charge in [-0.1, -0.05) is 27.2 Å². The molecule has 2 N–H and O–H groups in total. The van der Waals surface area contributed by atoms with E-state index in [1.165, 1.54) is 19.3 Å². The van der Waals surface area contributed by atoms with Crippen LogP contribution in [-0.4, -0.2) is 48.2 Å². The first-order chi connectivity index (χ1) is 9.00. The van der Waals surface area contributed by atoms with Gasteiger partial charge in [-0.05, 0) is 50.7 Å². The van der Waals surface area contributed by atoms with Crippen LogP contribution in [0.4, 0.5) is 0 Å². The molecule has 0 aromatic rings. The zero-order valence-electron chi connectivity index (χ0n) is 12.7. The van der Waals surface area contributed by atoms with Crippen LogP contribution in [0.3, 0.4) is 0 Å². The third kappa shape index (κ3) is 5.49. The standard InChI is InChI=1S/C15H30N2O2/c1-4-9-16-13(14(18)19)6-10-17-11-7-15(3,5-2)8-12-17/h13,16H,4-12H2,1-3H3,(H,18,19). The van der Waals surface area contributed by atoms with Gasteiger partial charge in [-0.2, -0.15) is 0 Å². The van der Waals surface area contributed by atoms with Gasteiger partial charge in [0.2, 0.25) is 0 Å². The fourth-order valence-electron chi connectivity index (χ4n) is 2.61. The summed E-state index contributed by atoms with van der Waals surface area (Å²) < 4.78 is 0. The number of aliphatic carboxylic acids is 1. The third-order valence-corrected chi connectivity index (χ3v) is 4.59. The summed E-state index contributed by atoms with van der Waals surface area (Å²) in [4.78, 5) is 13.6. The summed E-state index contributed by atoms with van der Waals surface area (Å²) in [5.74, 6) is -0.719. The Morgan fingerprint density at radius 1 is 1.37 bits per heavy atom. The second-order valence-electron chi connectivity index (χ2n) is 6.14. The first kappa shape index (κ1) is 16.4. The highest BCUT2D eigenvalue weighted by Crippen LogP contribution is 2.33. The molecule has 1 saturated heterocycles. The largest absolute Gasteiger partial charge is 0.480 e. The number of carboxylic acid groups (broad SMARTS) is 1. The lowest BCUT2D eigenvalue weighted by Gasteiger charge is -2.39. The van der Waals surface area contributed by atoms with Crippen LogP contribution in [0.1, 0.15) is 52.9 Å². The van der Waals surface area contributed by atoms with Gasteiger partial charge < -0.3 is 15.3 Å². The van der Waals surface area contributed by atoms with E-state index in [2.05, 4.69) is 31.0 Å². The van der Waals surface area contributed by atoms with Gasteiger partial charge >= 0.3 is 5.97 Å². The van der Waals surface area contributed by atoms with Crippen LogP contribution >= 0.6 is 0 Å². The summed E-state index contributed by atoms with van der Waals surface area (Å²) in [7, 11) is 0. The summed E-state index contributed by atoms with van der Waals surface area (Å²) in [5.41, 5.74) is 0.503. The minimum atomic E-state index is -0.719.